The topological polar surface area (TPSA) is 79.2 Å². The van der Waals surface area contributed by atoms with Crippen LogP contribution in [0.15, 0.2) is 28.7 Å². The standard InChI is InChI=1S/C13H13N3O3S2/c17-12(16-5-7-21(18)8-6-16)10-3-1-9(2-4-10)11-14-15-13(20)19-11/h1-4H,5-8H2,(H,15,20). The quantitative estimate of drug-likeness (QED) is 0.849. The van der Waals surface area contributed by atoms with Crippen molar-refractivity contribution in [3.05, 3.63) is 34.7 Å². The Morgan fingerprint density at radius 3 is 2.52 bits per heavy atom. The molecule has 1 amide bonds. The van der Waals surface area contributed by atoms with E-state index in [4.69, 9.17) is 16.6 Å². The Hall–Kier alpha value is -1.80. The van der Waals surface area contributed by atoms with Crippen molar-refractivity contribution in [2.75, 3.05) is 24.6 Å². The number of amides is 1. The number of aromatic nitrogens is 2. The number of benzene rings is 1. The minimum Gasteiger partial charge on any atom is -0.409 e. The number of nitrogens with one attached hydrogen (secondary N) is 1. The molecule has 3 rings (SSSR count). The van der Waals surface area contributed by atoms with Gasteiger partial charge in [0.15, 0.2) is 0 Å². The SMILES string of the molecule is O=C(c1ccc(-c2n[nH]c(=S)o2)cc1)N1CCS(=O)CC1. The van der Waals surface area contributed by atoms with Crippen molar-refractivity contribution in [2.24, 2.45) is 0 Å². The third-order valence-corrected chi connectivity index (χ3v) is 4.73. The molecule has 1 fully saturated rings. The van der Waals surface area contributed by atoms with Gasteiger partial charge in [-0.05, 0) is 36.5 Å². The molecule has 1 aromatic carbocycles. The molecular formula is C13H13N3O3S2. The summed E-state index contributed by atoms with van der Waals surface area (Å²) in [6.07, 6.45) is 0. The third kappa shape index (κ3) is 3.11. The van der Waals surface area contributed by atoms with Crippen LogP contribution < -0.4 is 0 Å². The second-order valence-electron chi connectivity index (χ2n) is 4.64. The summed E-state index contributed by atoms with van der Waals surface area (Å²) in [7, 11) is -0.788. The molecule has 1 aromatic heterocycles. The van der Waals surface area contributed by atoms with Gasteiger partial charge in [-0.15, -0.1) is 5.10 Å². The van der Waals surface area contributed by atoms with Crippen LogP contribution in [0.25, 0.3) is 11.5 Å². The smallest absolute Gasteiger partial charge is 0.284 e. The van der Waals surface area contributed by atoms with E-state index in [1.54, 1.807) is 29.2 Å². The molecule has 110 valence electrons. The minimum absolute atomic E-state index is 0.0406. The van der Waals surface area contributed by atoms with Gasteiger partial charge in [0.1, 0.15) is 0 Å². The maximum atomic E-state index is 12.3. The fourth-order valence-corrected chi connectivity index (χ4v) is 3.31. The zero-order valence-electron chi connectivity index (χ0n) is 11.1. The van der Waals surface area contributed by atoms with Crippen molar-refractivity contribution in [3.63, 3.8) is 0 Å². The first kappa shape index (κ1) is 14.2. The summed E-state index contributed by atoms with van der Waals surface area (Å²) in [5, 5.41) is 6.49. The molecule has 0 aliphatic carbocycles. The zero-order valence-corrected chi connectivity index (χ0v) is 12.7. The number of rotatable bonds is 2. The number of hydrogen-bond donors (Lipinski definition) is 1. The van der Waals surface area contributed by atoms with E-state index in [0.717, 1.165) is 5.56 Å². The van der Waals surface area contributed by atoms with Crippen molar-refractivity contribution >= 4 is 28.9 Å². The molecule has 0 saturated carbocycles. The number of nitrogens with zero attached hydrogens (tertiary/aromatic N) is 2. The van der Waals surface area contributed by atoms with Crippen molar-refractivity contribution < 1.29 is 13.4 Å². The number of hydrogen-bond acceptors (Lipinski definition) is 5. The van der Waals surface area contributed by atoms with Gasteiger partial charge in [0, 0.05) is 46.5 Å². The highest BCUT2D eigenvalue weighted by Crippen LogP contribution is 2.18. The predicted octanol–water partition coefficient (Wildman–Crippen LogP) is 1.60. The molecule has 0 atom stereocenters. The number of carbonyl (C=O) groups excluding carboxylic acids is 1. The molecular weight excluding hydrogens is 310 g/mol. The van der Waals surface area contributed by atoms with E-state index in [9.17, 15) is 9.00 Å². The van der Waals surface area contributed by atoms with E-state index in [1.807, 2.05) is 0 Å². The highest BCUT2D eigenvalue weighted by atomic mass is 32.2. The van der Waals surface area contributed by atoms with Crippen LogP contribution in [0.3, 0.4) is 0 Å². The molecule has 2 heterocycles. The summed E-state index contributed by atoms with van der Waals surface area (Å²) in [4.78, 5) is 14.3. The van der Waals surface area contributed by atoms with Gasteiger partial charge >= 0.3 is 0 Å². The fourth-order valence-electron chi connectivity index (χ4n) is 2.13. The first-order chi connectivity index (χ1) is 10.1. The van der Waals surface area contributed by atoms with Crippen LogP contribution in [0.2, 0.25) is 0 Å². The maximum absolute atomic E-state index is 12.3. The molecule has 21 heavy (non-hydrogen) atoms. The predicted molar refractivity (Wildman–Crippen MR) is 80.9 cm³/mol. The normalized spacial score (nSPS) is 16.1. The van der Waals surface area contributed by atoms with Gasteiger partial charge < -0.3 is 9.32 Å². The molecule has 6 nitrogen and oxygen atoms in total. The van der Waals surface area contributed by atoms with Gasteiger partial charge in [-0.3, -0.25) is 9.00 Å². The van der Waals surface area contributed by atoms with E-state index in [1.165, 1.54) is 0 Å². The van der Waals surface area contributed by atoms with Crippen molar-refractivity contribution in [1.82, 2.24) is 15.1 Å². The number of H-pyrrole nitrogens is 1. The second-order valence-corrected chi connectivity index (χ2v) is 6.70. The van der Waals surface area contributed by atoms with Gasteiger partial charge in [0.05, 0.1) is 0 Å². The van der Waals surface area contributed by atoms with Crippen LogP contribution in [0.5, 0.6) is 0 Å². The van der Waals surface area contributed by atoms with Crippen molar-refractivity contribution in [1.29, 1.82) is 0 Å². The third-order valence-electron chi connectivity index (χ3n) is 3.28. The van der Waals surface area contributed by atoms with Crippen LogP contribution in [0.1, 0.15) is 10.4 Å². The largest absolute Gasteiger partial charge is 0.409 e. The average Bonchev–Trinajstić information content (AvgIpc) is 2.94. The molecule has 0 unspecified atom stereocenters. The molecule has 1 saturated heterocycles. The van der Waals surface area contributed by atoms with Crippen molar-refractivity contribution in [2.45, 2.75) is 0 Å². The molecule has 1 aliphatic rings. The average molecular weight is 323 g/mol. The van der Waals surface area contributed by atoms with Crippen LogP contribution >= 0.6 is 12.2 Å². The molecule has 0 spiro atoms. The van der Waals surface area contributed by atoms with E-state index in [-0.39, 0.29) is 10.7 Å². The van der Waals surface area contributed by atoms with Crippen molar-refractivity contribution in [3.8, 4) is 11.5 Å². The number of carbonyl (C=O) groups is 1. The summed E-state index contributed by atoms with van der Waals surface area (Å²) >= 11 is 4.82. The molecule has 1 aliphatic heterocycles. The lowest BCUT2D eigenvalue weighted by molar-refractivity contribution is 0.0771. The van der Waals surface area contributed by atoms with Gasteiger partial charge in [-0.2, -0.15) is 0 Å². The summed E-state index contributed by atoms with van der Waals surface area (Å²) < 4.78 is 16.5. The van der Waals surface area contributed by atoms with Crippen LogP contribution in [0, 0.1) is 4.84 Å². The highest BCUT2D eigenvalue weighted by molar-refractivity contribution is 7.85. The van der Waals surface area contributed by atoms with Crippen LogP contribution in [-0.2, 0) is 10.8 Å². The van der Waals surface area contributed by atoms with Gasteiger partial charge in [0.25, 0.3) is 10.7 Å². The minimum atomic E-state index is -0.788. The van der Waals surface area contributed by atoms with E-state index < -0.39 is 10.8 Å². The zero-order chi connectivity index (χ0) is 14.8. The van der Waals surface area contributed by atoms with Gasteiger partial charge in [-0.1, -0.05) is 0 Å². The van der Waals surface area contributed by atoms with E-state index in [2.05, 4.69) is 10.2 Å². The summed E-state index contributed by atoms with van der Waals surface area (Å²) in [5.74, 6) is 1.46. The lowest BCUT2D eigenvalue weighted by Gasteiger charge is -2.26. The molecule has 8 heteroatoms. The molecule has 0 radical (unpaired) electrons. The van der Waals surface area contributed by atoms with E-state index in [0.29, 0.717) is 36.0 Å². The molecule has 1 N–H and O–H groups in total. The lowest BCUT2D eigenvalue weighted by Crippen LogP contribution is -2.41. The molecule has 2 aromatic rings. The summed E-state index contributed by atoms with van der Waals surface area (Å²) in [5.41, 5.74) is 1.35. The summed E-state index contributed by atoms with van der Waals surface area (Å²) in [6.45, 7) is 1.09. The van der Waals surface area contributed by atoms with Gasteiger partial charge in [-0.25, -0.2) is 5.10 Å². The van der Waals surface area contributed by atoms with Gasteiger partial charge in [0.2, 0.25) is 5.89 Å². The Kier molecular flexibility index (Phi) is 3.98. The summed E-state index contributed by atoms with van der Waals surface area (Å²) in [6, 6.07) is 7.00. The monoisotopic (exact) mass is 323 g/mol. The number of aromatic amines is 1. The van der Waals surface area contributed by atoms with Crippen LogP contribution in [-0.4, -0.2) is 49.8 Å². The fraction of sp³-hybridized carbons (Fsp3) is 0.308. The Balaban J connectivity index is 1.76. The lowest BCUT2D eigenvalue weighted by atomic mass is 10.1. The second kappa shape index (κ2) is 5.90. The Morgan fingerprint density at radius 1 is 1.29 bits per heavy atom. The first-order valence-corrected chi connectivity index (χ1v) is 8.33. The first-order valence-electron chi connectivity index (χ1n) is 6.44. The van der Waals surface area contributed by atoms with E-state index >= 15 is 0 Å². The molecule has 0 bridgehead atoms. The highest BCUT2D eigenvalue weighted by Gasteiger charge is 2.21. The Bertz CT molecular complexity index is 726. The van der Waals surface area contributed by atoms with Crippen LogP contribution in [0.4, 0.5) is 0 Å². The maximum Gasteiger partial charge on any atom is 0.284 e. The Labute approximate surface area is 128 Å². The Morgan fingerprint density at radius 2 is 1.95 bits per heavy atom.